The molecule has 3 rings (SSSR count). The lowest BCUT2D eigenvalue weighted by Crippen LogP contribution is -2.49. The number of rotatable bonds is 4. The molecule has 2 saturated heterocycles. The lowest BCUT2D eigenvalue weighted by Gasteiger charge is -2.47. The number of fused-ring (bicyclic) bond motifs is 1. The Hall–Kier alpha value is -1.75. The maximum atomic E-state index is 11.4. The van der Waals surface area contributed by atoms with Crippen molar-refractivity contribution in [3.63, 3.8) is 0 Å². The summed E-state index contributed by atoms with van der Waals surface area (Å²) in [6.45, 7) is 2.61. The van der Waals surface area contributed by atoms with Crippen molar-refractivity contribution in [1.29, 1.82) is 0 Å². The Balaban J connectivity index is 1.88. The van der Waals surface area contributed by atoms with Crippen LogP contribution in [0.1, 0.15) is 50.6 Å². The number of carbonyl (C=O) groups is 1. The molecule has 1 aromatic rings. The Morgan fingerprint density at radius 2 is 1.92 bits per heavy atom. The van der Waals surface area contributed by atoms with Crippen LogP contribution in [0.5, 0.6) is 11.5 Å². The minimum atomic E-state index is -0.185. The number of ether oxygens (including phenoxy) is 3. The highest BCUT2D eigenvalue weighted by Crippen LogP contribution is 2.41. The Kier molecular flexibility index (Phi) is 5.29. The minimum absolute atomic E-state index is 0.0000495. The van der Waals surface area contributed by atoms with Crippen molar-refractivity contribution in [3.05, 3.63) is 23.8 Å². The van der Waals surface area contributed by atoms with E-state index in [9.17, 15) is 4.79 Å². The minimum Gasteiger partial charge on any atom is -0.493 e. The van der Waals surface area contributed by atoms with Crippen LogP contribution in [-0.2, 0) is 9.53 Å². The number of hydrogen-bond donors (Lipinski definition) is 0. The summed E-state index contributed by atoms with van der Waals surface area (Å²) in [4.78, 5) is 14.0. The fourth-order valence-corrected chi connectivity index (χ4v) is 4.19. The lowest BCUT2D eigenvalue weighted by molar-refractivity contribution is -0.152. The first kappa shape index (κ1) is 17.1. The van der Waals surface area contributed by atoms with Crippen LogP contribution in [0.25, 0.3) is 0 Å². The molecule has 0 amide bonds. The van der Waals surface area contributed by atoms with Gasteiger partial charge in [-0.2, -0.15) is 0 Å². The van der Waals surface area contributed by atoms with Crippen LogP contribution in [0.4, 0.5) is 0 Å². The standard InChI is InChI=1S/C19H27NO4/c1-13(21)24-16-11-15-6-4-5-9-20(15)17(12-16)14-7-8-18(22-2)19(10-14)23-3/h7-8,10,15-17H,4-6,9,11-12H2,1-3H3/t15-,16-,17+/m1/s1. The van der Waals surface area contributed by atoms with E-state index >= 15 is 0 Å². The summed E-state index contributed by atoms with van der Waals surface area (Å²) >= 11 is 0. The number of benzene rings is 1. The molecule has 2 heterocycles. The fourth-order valence-electron chi connectivity index (χ4n) is 4.19. The van der Waals surface area contributed by atoms with Gasteiger partial charge in [0.05, 0.1) is 14.2 Å². The van der Waals surface area contributed by atoms with Crippen LogP contribution in [0.3, 0.4) is 0 Å². The number of hydrogen-bond acceptors (Lipinski definition) is 5. The van der Waals surface area contributed by atoms with Gasteiger partial charge in [0.15, 0.2) is 11.5 Å². The number of nitrogens with zero attached hydrogens (tertiary/aromatic N) is 1. The first-order valence-electron chi connectivity index (χ1n) is 8.77. The van der Waals surface area contributed by atoms with E-state index in [2.05, 4.69) is 17.0 Å². The molecule has 5 nitrogen and oxygen atoms in total. The first-order valence-corrected chi connectivity index (χ1v) is 8.77. The summed E-state index contributed by atoms with van der Waals surface area (Å²) in [5, 5.41) is 0. The van der Waals surface area contributed by atoms with Crippen LogP contribution >= 0.6 is 0 Å². The Labute approximate surface area is 143 Å². The monoisotopic (exact) mass is 333 g/mol. The van der Waals surface area contributed by atoms with Gasteiger partial charge in [-0.3, -0.25) is 9.69 Å². The second-order valence-corrected chi connectivity index (χ2v) is 6.72. The van der Waals surface area contributed by atoms with Crippen molar-refractivity contribution >= 4 is 5.97 Å². The topological polar surface area (TPSA) is 48.0 Å². The fraction of sp³-hybridized carbons (Fsp3) is 0.632. The van der Waals surface area contributed by atoms with E-state index in [1.807, 2.05) is 6.07 Å². The summed E-state index contributed by atoms with van der Waals surface area (Å²) in [5.41, 5.74) is 1.21. The molecule has 132 valence electrons. The zero-order valence-electron chi connectivity index (χ0n) is 14.8. The van der Waals surface area contributed by atoms with Gasteiger partial charge in [0.2, 0.25) is 0 Å². The molecular formula is C19H27NO4. The van der Waals surface area contributed by atoms with Crippen molar-refractivity contribution in [2.45, 2.75) is 57.2 Å². The number of piperidine rings is 2. The lowest BCUT2D eigenvalue weighted by atomic mass is 9.84. The van der Waals surface area contributed by atoms with Gasteiger partial charge in [-0.1, -0.05) is 12.5 Å². The molecule has 1 aromatic carbocycles. The first-order chi connectivity index (χ1) is 11.6. The smallest absolute Gasteiger partial charge is 0.302 e. The number of carbonyl (C=O) groups excluding carboxylic acids is 1. The van der Waals surface area contributed by atoms with Crippen molar-refractivity contribution in [2.75, 3.05) is 20.8 Å². The van der Waals surface area contributed by atoms with E-state index in [4.69, 9.17) is 14.2 Å². The van der Waals surface area contributed by atoms with Gasteiger partial charge < -0.3 is 14.2 Å². The number of methoxy groups -OCH3 is 2. The van der Waals surface area contributed by atoms with E-state index in [1.165, 1.54) is 31.7 Å². The van der Waals surface area contributed by atoms with E-state index in [-0.39, 0.29) is 18.1 Å². The molecule has 3 atom stereocenters. The van der Waals surface area contributed by atoms with Crippen LogP contribution in [0.15, 0.2) is 18.2 Å². The van der Waals surface area contributed by atoms with Crippen LogP contribution in [-0.4, -0.2) is 43.8 Å². The highest BCUT2D eigenvalue weighted by Gasteiger charge is 2.39. The largest absolute Gasteiger partial charge is 0.493 e. The molecule has 2 fully saturated rings. The molecule has 0 aliphatic carbocycles. The van der Waals surface area contributed by atoms with Gasteiger partial charge in [0, 0.05) is 31.8 Å². The third-order valence-electron chi connectivity index (χ3n) is 5.22. The summed E-state index contributed by atoms with van der Waals surface area (Å²) in [6.07, 6.45) is 5.46. The zero-order chi connectivity index (χ0) is 17.1. The van der Waals surface area contributed by atoms with Gasteiger partial charge in [0.25, 0.3) is 0 Å². The van der Waals surface area contributed by atoms with Crippen molar-refractivity contribution in [3.8, 4) is 11.5 Å². The Morgan fingerprint density at radius 1 is 1.12 bits per heavy atom. The van der Waals surface area contributed by atoms with Gasteiger partial charge in [-0.05, 0) is 37.1 Å². The molecule has 5 heteroatoms. The Morgan fingerprint density at radius 3 is 2.62 bits per heavy atom. The molecule has 0 spiro atoms. The molecule has 2 aliphatic rings. The van der Waals surface area contributed by atoms with Crippen LogP contribution < -0.4 is 9.47 Å². The highest BCUT2D eigenvalue weighted by atomic mass is 16.5. The molecule has 2 aliphatic heterocycles. The van der Waals surface area contributed by atoms with E-state index in [0.29, 0.717) is 6.04 Å². The normalized spacial score (nSPS) is 27.2. The number of esters is 1. The molecule has 0 unspecified atom stereocenters. The highest BCUT2D eigenvalue weighted by molar-refractivity contribution is 5.66. The maximum Gasteiger partial charge on any atom is 0.302 e. The van der Waals surface area contributed by atoms with Gasteiger partial charge in [-0.25, -0.2) is 0 Å². The quantitative estimate of drug-likeness (QED) is 0.791. The molecule has 0 saturated carbocycles. The predicted octanol–water partition coefficient (Wildman–Crippen LogP) is 3.32. The third-order valence-corrected chi connectivity index (χ3v) is 5.22. The van der Waals surface area contributed by atoms with Gasteiger partial charge >= 0.3 is 5.97 Å². The van der Waals surface area contributed by atoms with E-state index in [1.54, 1.807) is 14.2 Å². The predicted molar refractivity (Wildman–Crippen MR) is 91.4 cm³/mol. The molecule has 0 aromatic heterocycles. The molecule has 0 bridgehead atoms. The van der Waals surface area contributed by atoms with Gasteiger partial charge in [-0.15, -0.1) is 0 Å². The average Bonchev–Trinajstić information content (AvgIpc) is 2.59. The summed E-state index contributed by atoms with van der Waals surface area (Å²) in [7, 11) is 3.31. The summed E-state index contributed by atoms with van der Waals surface area (Å²) in [5.74, 6) is 1.30. The maximum absolute atomic E-state index is 11.4. The van der Waals surface area contributed by atoms with Crippen LogP contribution in [0, 0.1) is 0 Å². The van der Waals surface area contributed by atoms with Gasteiger partial charge in [0.1, 0.15) is 6.10 Å². The SMILES string of the molecule is COc1ccc([C@@H]2C[C@H](OC(C)=O)C[C@H]3CCCCN32)cc1OC. The second kappa shape index (κ2) is 7.43. The summed E-state index contributed by atoms with van der Waals surface area (Å²) < 4.78 is 16.4. The van der Waals surface area contributed by atoms with Crippen molar-refractivity contribution in [1.82, 2.24) is 4.90 Å². The molecule has 24 heavy (non-hydrogen) atoms. The second-order valence-electron chi connectivity index (χ2n) is 6.72. The van der Waals surface area contributed by atoms with Crippen molar-refractivity contribution in [2.24, 2.45) is 0 Å². The molecular weight excluding hydrogens is 306 g/mol. The third kappa shape index (κ3) is 3.51. The van der Waals surface area contributed by atoms with Crippen LogP contribution in [0.2, 0.25) is 0 Å². The zero-order valence-corrected chi connectivity index (χ0v) is 14.8. The average molecular weight is 333 g/mol. The Bertz CT molecular complexity index is 589. The summed E-state index contributed by atoms with van der Waals surface area (Å²) in [6, 6.07) is 6.88. The van der Waals surface area contributed by atoms with E-state index < -0.39 is 0 Å². The molecule has 0 radical (unpaired) electrons. The molecule has 0 N–H and O–H groups in total. The van der Waals surface area contributed by atoms with E-state index in [0.717, 1.165) is 30.9 Å². The van der Waals surface area contributed by atoms with Crippen molar-refractivity contribution < 1.29 is 19.0 Å².